The highest BCUT2D eigenvalue weighted by atomic mass is 35.5. The Morgan fingerprint density at radius 3 is 2.03 bits per heavy atom. The number of sulfonamides is 1. The fourth-order valence-electron chi connectivity index (χ4n) is 3.84. The van der Waals surface area contributed by atoms with Gasteiger partial charge in [-0.1, -0.05) is 48.0 Å². The number of benzene rings is 4. The fourth-order valence-corrected chi connectivity index (χ4v) is 5.54. The van der Waals surface area contributed by atoms with Crippen molar-refractivity contribution in [1.29, 1.82) is 0 Å². The summed E-state index contributed by atoms with van der Waals surface area (Å²) in [6, 6.07) is 26.9. The summed E-state index contributed by atoms with van der Waals surface area (Å²) in [6.07, 6.45) is 0. The zero-order valence-corrected chi connectivity index (χ0v) is 22.4. The molecule has 0 saturated carbocycles. The lowest BCUT2D eigenvalue weighted by Gasteiger charge is -2.26. The van der Waals surface area contributed by atoms with Crippen LogP contribution in [0, 0.1) is 6.92 Å². The average molecular weight is 548 g/mol. The molecule has 194 valence electrons. The second-order valence-electron chi connectivity index (χ2n) is 8.67. The molecule has 0 radical (unpaired) electrons. The van der Waals surface area contributed by atoms with Gasteiger partial charge >= 0.3 is 0 Å². The number of rotatable bonds is 8. The molecule has 7 nitrogen and oxygen atoms in total. The molecule has 2 N–H and O–H groups in total. The van der Waals surface area contributed by atoms with Crippen molar-refractivity contribution in [2.24, 2.45) is 0 Å². The van der Waals surface area contributed by atoms with Crippen molar-refractivity contribution < 1.29 is 18.0 Å². The Kier molecular flexibility index (Phi) is 8.14. The molecule has 0 unspecified atom stereocenters. The second-order valence-corrected chi connectivity index (χ2v) is 11.0. The molecule has 0 saturated heterocycles. The topological polar surface area (TPSA) is 95.6 Å². The van der Waals surface area contributed by atoms with Crippen LogP contribution in [0.1, 0.15) is 28.4 Å². The first-order valence-electron chi connectivity index (χ1n) is 11.8. The maximum Gasteiger partial charge on any atom is 0.264 e. The predicted molar refractivity (Wildman–Crippen MR) is 151 cm³/mol. The highest BCUT2D eigenvalue weighted by Gasteiger charge is 2.26. The van der Waals surface area contributed by atoms with Crippen molar-refractivity contribution >= 4 is 50.5 Å². The standard InChI is InChI=1S/C29H26ClN3O4S/c1-20-8-13-24(30)18-28(20)33(38(36,37)27-6-4-3-5-7-27)19-22-9-11-23(12-10-22)29(35)32-26-16-14-25(15-17-26)31-21(2)34/h3-18H,19H2,1-2H3,(H,31,34)(H,32,35). The lowest BCUT2D eigenvalue weighted by atomic mass is 10.1. The summed E-state index contributed by atoms with van der Waals surface area (Å²) >= 11 is 6.23. The lowest BCUT2D eigenvalue weighted by molar-refractivity contribution is -0.114. The normalized spacial score (nSPS) is 11.0. The Balaban J connectivity index is 1.56. The lowest BCUT2D eigenvalue weighted by Crippen LogP contribution is -2.31. The van der Waals surface area contributed by atoms with Gasteiger partial charge in [0.05, 0.1) is 17.1 Å². The van der Waals surface area contributed by atoms with Crippen LogP contribution in [0.4, 0.5) is 17.1 Å². The summed E-state index contributed by atoms with van der Waals surface area (Å²) in [7, 11) is -3.90. The number of nitrogens with zero attached hydrogens (tertiary/aromatic N) is 1. The smallest absolute Gasteiger partial charge is 0.264 e. The van der Waals surface area contributed by atoms with E-state index in [-0.39, 0.29) is 23.3 Å². The maximum absolute atomic E-state index is 13.7. The summed E-state index contributed by atoms with van der Waals surface area (Å²) in [5.41, 5.74) is 3.55. The van der Waals surface area contributed by atoms with Crippen LogP contribution in [0.3, 0.4) is 0 Å². The molecule has 2 amide bonds. The minimum atomic E-state index is -3.90. The first-order valence-corrected chi connectivity index (χ1v) is 13.6. The Bertz CT molecular complexity index is 1560. The van der Waals surface area contributed by atoms with Crippen LogP contribution in [-0.4, -0.2) is 20.2 Å². The summed E-state index contributed by atoms with van der Waals surface area (Å²) in [5, 5.41) is 5.91. The number of carbonyl (C=O) groups excluding carboxylic acids is 2. The monoisotopic (exact) mass is 547 g/mol. The van der Waals surface area contributed by atoms with E-state index in [1.807, 2.05) is 6.92 Å². The Hall–Kier alpha value is -4.14. The van der Waals surface area contributed by atoms with Crippen LogP contribution in [0.5, 0.6) is 0 Å². The number of hydrogen-bond acceptors (Lipinski definition) is 4. The predicted octanol–water partition coefficient (Wildman–Crippen LogP) is 6.25. The molecule has 0 fully saturated rings. The highest BCUT2D eigenvalue weighted by Crippen LogP contribution is 2.31. The van der Waals surface area contributed by atoms with E-state index < -0.39 is 10.0 Å². The van der Waals surface area contributed by atoms with E-state index in [1.165, 1.54) is 11.2 Å². The average Bonchev–Trinajstić information content (AvgIpc) is 2.90. The number of nitrogens with one attached hydrogen (secondary N) is 2. The molecule has 38 heavy (non-hydrogen) atoms. The third kappa shape index (κ3) is 6.40. The van der Waals surface area contributed by atoms with Crippen LogP contribution in [0.25, 0.3) is 0 Å². The van der Waals surface area contributed by atoms with Crippen molar-refractivity contribution in [1.82, 2.24) is 0 Å². The molecule has 0 aromatic heterocycles. The number of hydrogen-bond donors (Lipinski definition) is 2. The minimum Gasteiger partial charge on any atom is -0.326 e. The number of amides is 2. The van der Waals surface area contributed by atoms with E-state index in [1.54, 1.807) is 97.1 Å². The number of carbonyl (C=O) groups is 2. The van der Waals surface area contributed by atoms with Crippen molar-refractivity contribution in [3.05, 3.63) is 119 Å². The first kappa shape index (κ1) is 26.9. The van der Waals surface area contributed by atoms with Gasteiger partial charge < -0.3 is 10.6 Å². The van der Waals surface area contributed by atoms with Gasteiger partial charge in [-0.3, -0.25) is 13.9 Å². The van der Waals surface area contributed by atoms with Crippen LogP contribution < -0.4 is 14.9 Å². The van der Waals surface area contributed by atoms with Crippen molar-refractivity contribution in [3.63, 3.8) is 0 Å². The first-order chi connectivity index (χ1) is 18.1. The molecule has 4 aromatic carbocycles. The molecule has 4 rings (SSSR count). The molecule has 0 spiro atoms. The van der Waals surface area contributed by atoms with Gasteiger partial charge in [0.25, 0.3) is 15.9 Å². The van der Waals surface area contributed by atoms with Crippen LogP contribution in [0.15, 0.2) is 102 Å². The van der Waals surface area contributed by atoms with Crippen molar-refractivity contribution in [2.75, 3.05) is 14.9 Å². The second kappa shape index (κ2) is 11.5. The van der Waals surface area contributed by atoms with Gasteiger partial charge in [-0.25, -0.2) is 8.42 Å². The summed E-state index contributed by atoms with van der Waals surface area (Å²) < 4.78 is 28.6. The van der Waals surface area contributed by atoms with E-state index in [2.05, 4.69) is 10.6 Å². The van der Waals surface area contributed by atoms with Gasteiger partial charge in [-0.05, 0) is 78.7 Å². The quantitative estimate of drug-likeness (QED) is 0.272. The molecule has 0 aliphatic heterocycles. The Morgan fingerprint density at radius 1 is 0.816 bits per heavy atom. The number of aryl methyl sites for hydroxylation is 1. The zero-order valence-electron chi connectivity index (χ0n) is 20.8. The van der Waals surface area contributed by atoms with Crippen molar-refractivity contribution in [3.8, 4) is 0 Å². The molecule has 0 bridgehead atoms. The Morgan fingerprint density at radius 2 is 1.42 bits per heavy atom. The third-order valence-corrected chi connectivity index (χ3v) is 7.79. The molecular formula is C29H26ClN3O4S. The largest absolute Gasteiger partial charge is 0.326 e. The van der Waals surface area contributed by atoms with Gasteiger partial charge in [-0.2, -0.15) is 0 Å². The molecular weight excluding hydrogens is 522 g/mol. The fraction of sp³-hybridized carbons (Fsp3) is 0.103. The van der Waals surface area contributed by atoms with Crippen molar-refractivity contribution in [2.45, 2.75) is 25.3 Å². The molecule has 0 aliphatic rings. The number of anilines is 3. The zero-order chi connectivity index (χ0) is 27.3. The van der Waals surface area contributed by atoms with E-state index in [0.717, 1.165) is 5.56 Å². The minimum absolute atomic E-state index is 0.0465. The molecule has 0 heterocycles. The summed E-state index contributed by atoms with van der Waals surface area (Å²) in [4.78, 5) is 24.1. The molecule has 0 aliphatic carbocycles. The van der Waals surface area contributed by atoms with Crippen LogP contribution in [-0.2, 0) is 21.4 Å². The van der Waals surface area contributed by atoms with E-state index in [4.69, 9.17) is 11.6 Å². The number of halogens is 1. The van der Waals surface area contributed by atoms with E-state index in [0.29, 0.717) is 33.2 Å². The third-order valence-electron chi connectivity index (χ3n) is 5.78. The SMILES string of the molecule is CC(=O)Nc1ccc(NC(=O)c2ccc(CN(c3cc(Cl)ccc3C)S(=O)(=O)c3ccccc3)cc2)cc1. The van der Waals surface area contributed by atoms with Gasteiger partial charge in [0.1, 0.15) is 0 Å². The molecule has 4 aromatic rings. The Labute approximate surface area is 227 Å². The maximum atomic E-state index is 13.7. The molecule has 0 atom stereocenters. The molecule has 9 heteroatoms. The van der Waals surface area contributed by atoms with Crippen LogP contribution >= 0.6 is 11.6 Å². The van der Waals surface area contributed by atoms with Gasteiger partial charge in [0.15, 0.2) is 0 Å². The highest BCUT2D eigenvalue weighted by molar-refractivity contribution is 7.92. The van der Waals surface area contributed by atoms with Gasteiger partial charge in [0.2, 0.25) is 5.91 Å². The van der Waals surface area contributed by atoms with E-state index in [9.17, 15) is 18.0 Å². The van der Waals surface area contributed by atoms with Gasteiger partial charge in [-0.15, -0.1) is 0 Å². The van der Waals surface area contributed by atoms with E-state index >= 15 is 0 Å². The summed E-state index contributed by atoms with van der Waals surface area (Å²) in [5.74, 6) is -0.495. The van der Waals surface area contributed by atoms with Gasteiger partial charge in [0, 0.05) is 28.9 Å². The van der Waals surface area contributed by atoms with Crippen LogP contribution in [0.2, 0.25) is 5.02 Å². The summed E-state index contributed by atoms with van der Waals surface area (Å²) in [6.45, 7) is 3.30.